The largest absolute Gasteiger partial charge is 0.487 e. The number of urea groups is 1. The Balaban J connectivity index is 1.34. The monoisotopic (exact) mass is 690 g/mol. The molecular formula is C39H55ClN6O3. The molecule has 9 nitrogen and oxygen atoms in total. The van der Waals surface area contributed by atoms with Crippen LogP contribution in [0.15, 0.2) is 76.1 Å². The summed E-state index contributed by atoms with van der Waals surface area (Å²) in [5.74, 6) is 7.65. The van der Waals surface area contributed by atoms with E-state index in [1.54, 1.807) is 0 Å². The number of likely N-dealkylation sites (tertiary alicyclic amines) is 1. The Morgan fingerprint density at radius 1 is 1.18 bits per heavy atom. The van der Waals surface area contributed by atoms with Gasteiger partial charge in [0.2, 0.25) is 0 Å². The normalized spacial score (nSPS) is 22.1. The number of rotatable bonds is 10. The molecule has 1 saturated heterocycles. The molecule has 1 fully saturated rings. The standard InChI is InChI=1S/C39H55ClN6O3/c1-37(2,3)26-38(4,5)46(41)36(47)45(23-27-12-15-29(40)16-13-27)30-18-21-44(24-30)20-9-11-31-32-10-8-19-42-34(32)25-49-35-17-14-28(22-33(31)35)39(6,7)43-48/h8,10-12,14-17,22,27,30,42H,9,13,18-21,23-26,41H2,1-7H3/b31-11+/t27?,30-/m0/s1. The molecule has 0 saturated carbocycles. The lowest BCUT2D eigenvalue weighted by Gasteiger charge is -2.43. The first kappa shape index (κ1) is 36.9. The molecule has 4 aliphatic rings. The molecule has 266 valence electrons. The van der Waals surface area contributed by atoms with Gasteiger partial charge in [-0.1, -0.05) is 74.0 Å². The molecule has 3 N–H and O–H groups in total. The minimum atomic E-state index is -0.852. The fourth-order valence-corrected chi connectivity index (χ4v) is 7.76. The number of hydrogen-bond donors (Lipinski definition) is 2. The molecule has 1 aromatic carbocycles. The highest BCUT2D eigenvalue weighted by atomic mass is 35.5. The molecular weight excluding hydrogens is 636 g/mol. The van der Waals surface area contributed by atoms with E-state index in [2.05, 4.69) is 80.4 Å². The number of nitroso groups, excluding NO2 is 1. The number of dihydropyridines is 1. The summed E-state index contributed by atoms with van der Waals surface area (Å²) >= 11 is 6.23. The number of hydrogen-bond acceptors (Lipinski definition) is 7. The third-order valence-electron chi connectivity index (χ3n) is 10.0. The van der Waals surface area contributed by atoms with Gasteiger partial charge in [-0.05, 0) is 94.1 Å². The lowest BCUT2D eigenvalue weighted by atomic mass is 9.81. The number of nitrogens with two attached hydrogens (primary N) is 1. The number of carbonyl (C=O) groups excluding carboxylic acids is 1. The molecule has 2 atom stereocenters. The summed E-state index contributed by atoms with van der Waals surface area (Å²) in [6.07, 6.45) is 16.0. The molecule has 10 heteroatoms. The van der Waals surface area contributed by atoms with Crippen LogP contribution in [-0.4, -0.2) is 71.8 Å². The summed E-state index contributed by atoms with van der Waals surface area (Å²) in [5.41, 5.74) is 3.76. The van der Waals surface area contributed by atoms with E-state index in [1.807, 2.05) is 43.0 Å². The van der Waals surface area contributed by atoms with Crippen LogP contribution in [0, 0.1) is 16.2 Å². The summed E-state index contributed by atoms with van der Waals surface area (Å²) in [6, 6.07) is 5.88. The Morgan fingerprint density at radius 3 is 2.65 bits per heavy atom. The van der Waals surface area contributed by atoms with Crippen LogP contribution in [0.25, 0.3) is 5.57 Å². The van der Waals surface area contributed by atoms with E-state index in [9.17, 15) is 9.70 Å². The lowest BCUT2D eigenvalue weighted by molar-refractivity contribution is 0.0642. The van der Waals surface area contributed by atoms with Crippen molar-refractivity contribution >= 4 is 23.2 Å². The Hall–Kier alpha value is -3.40. The maximum atomic E-state index is 14.2. The Labute approximate surface area is 297 Å². The number of nitrogens with zero attached hydrogens (tertiary/aromatic N) is 4. The highest BCUT2D eigenvalue weighted by molar-refractivity contribution is 6.31. The number of allylic oxidation sites excluding steroid dienone is 6. The van der Waals surface area contributed by atoms with Gasteiger partial charge < -0.3 is 19.9 Å². The van der Waals surface area contributed by atoms with Crippen molar-refractivity contribution in [3.05, 3.63) is 87.0 Å². The first-order valence-electron chi connectivity index (χ1n) is 17.7. The summed E-state index contributed by atoms with van der Waals surface area (Å²) in [7, 11) is 0. The number of benzene rings is 1. The number of amides is 2. The van der Waals surface area contributed by atoms with Crippen molar-refractivity contribution in [2.24, 2.45) is 22.4 Å². The second-order valence-corrected chi connectivity index (χ2v) is 16.7. The molecule has 1 aromatic rings. The van der Waals surface area contributed by atoms with Crippen molar-refractivity contribution in [1.29, 1.82) is 0 Å². The third kappa shape index (κ3) is 8.86. The van der Waals surface area contributed by atoms with Crippen molar-refractivity contribution < 1.29 is 9.53 Å². The Bertz CT molecular complexity index is 1570. The SMILES string of the molecule is CC(C)(C)CC(C)(C)N(N)C(=O)N(CC1C=CC(Cl)=CC1)[C@H]1CCN(CC/C=C2\C3=C(COc4ccc(C(C)(C)N=O)cc42)NCC=C3)C1. The Morgan fingerprint density at radius 2 is 1.96 bits per heavy atom. The summed E-state index contributed by atoms with van der Waals surface area (Å²) < 4.78 is 6.25. The molecule has 0 bridgehead atoms. The molecule has 0 aromatic heterocycles. The molecule has 1 aliphatic carbocycles. The topological polar surface area (TPSA) is 104 Å². The van der Waals surface area contributed by atoms with Crippen molar-refractivity contribution in [2.45, 2.75) is 91.3 Å². The van der Waals surface area contributed by atoms with Gasteiger partial charge in [0, 0.05) is 54.9 Å². The number of carbonyl (C=O) groups is 1. The highest BCUT2D eigenvalue weighted by Crippen LogP contribution is 2.40. The highest BCUT2D eigenvalue weighted by Gasteiger charge is 2.39. The van der Waals surface area contributed by atoms with E-state index in [4.69, 9.17) is 22.2 Å². The van der Waals surface area contributed by atoms with Gasteiger partial charge in [0.05, 0.1) is 11.2 Å². The van der Waals surface area contributed by atoms with Crippen LogP contribution >= 0.6 is 11.6 Å². The van der Waals surface area contributed by atoms with Gasteiger partial charge in [0.25, 0.3) is 0 Å². The van der Waals surface area contributed by atoms with Gasteiger partial charge in [-0.3, -0.25) is 5.01 Å². The van der Waals surface area contributed by atoms with Crippen LogP contribution in [-0.2, 0) is 5.54 Å². The zero-order chi connectivity index (χ0) is 35.6. The maximum absolute atomic E-state index is 14.2. The molecule has 1 unspecified atom stereocenters. The van der Waals surface area contributed by atoms with Gasteiger partial charge in [-0.2, -0.15) is 0 Å². The fourth-order valence-electron chi connectivity index (χ4n) is 7.60. The van der Waals surface area contributed by atoms with Gasteiger partial charge in [0.1, 0.15) is 17.9 Å². The van der Waals surface area contributed by atoms with Crippen molar-refractivity contribution in [2.75, 3.05) is 39.3 Å². The van der Waals surface area contributed by atoms with E-state index < -0.39 is 11.1 Å². The average molecular weight is 691 g/mol. The van der Waals surface area contributed by atoms with Crippen LogP contribution < -0.4 is 15.9 Å². The zero-order valence-electron chi connectivity index (χ0n) is 30.4. The van der Waals surface area contributed by atoms with E-state index >= 15 is 0 Å². The number of nitrogens with one attached hydrogen (secondary N) is 1. The van der Waals surface area contributed by atoms with Crippen LogP contribution in [0.5, 0.6) is 5.75 Å². The minimum Gasteiger partial charge on any atom is -0.487 e. The molecule has 49 heavy (non-hydrogen) atoms. The Kier molecular flexibility index (Phi) is 11.2. The maximum Gasteiger partial charge on any atom is 0.334 e. The average Bonchev–Trinajstić information content (AvgIpc) is 3.46. The molecule has 0 spiro atoms. The number of hydrazine groups is 1. The van der Waals surface area contributed by atoms with Crippen molar-refractivity contribution in [3.8, 4) is 5.75 Å². The molecule has 0 radical (unpaired) electrons. The first-order valence-corrected chi connectivity index (χ1v) is 18.0. The van der Waals surface area contributed by atoms with E-state index in [1.165, 1.54) is 5.01 Å². The molecule has 3 aliphatic heterocycles. The lowest BCUT2D eigenvalue weighted by Crippen LogP contribution is -2.60. The number of ether oxygens (including phenoxy) is 1. The smallest absolute Gasteiger partial charge is 0.334 e. The predicted octanol–water partition coefficient (Wildman–Crippen LogP) is 7.85. The van der Waals surface area contributed by atoms with E-state index in [0.717, 1.165) is 90.6 Å². The van der Waals surface area contributed by atoms with Crippen LogP contribution in [0.2, 0.25) is 0 Å². The van der Waals surface area contributed by atoms with E-state index in [-0.39, 0.29) is 23.4 Å². The van der Waals surface area contributed by atoms with Crippen LogP contribution in [0.3, 0.4) is 0 Å². The summed E-state index contributed by atoms with van der Waals surface area (Å²) in [4.78, 5) is 30.4. The fraction of sp³-hybridized carbons (Fsp3) is 0.564. The molecule has 2 amide bonds. The second-order valence-electron chi connectivity index (χ2n) is 16.3. The quantitative estimate of drug-likeness (QED) is 0.112. The molecule has 3 heterocycles. The minimum absolute atomic E-state index is 0.0198. The second kappa shape index (κ2) is 14.8. The van der Waals surface area contributed by atoms with E-state index in [0.29, 0.717) is 13.2 Å². The van der Waals surface area contributed by atoms with Crippen molar-refractivity contribution in [1.82, 2.24) is 20.1 Å². The van der Waals surface area contributed by atoms with Crippen molar-refractivity contribution in [3.63, 3.8) is 0 Å². The summed E-state index contributed by atoms with van der Waals surface area (Å²) in [5, 5.41) is 9.10. The van der Waals surface area contributed by atoms with Gasteiger partial charge in [-0.25, -0.2) is 10.6 Å². The van der Waals surface area contributed by atoms with Crippen LogP contribution in [0.1, 0.15) is 85.3 Å². The molecule has 5 rings (SSSR count). The number of halogens is 1. The number of fused-ring (bicyclic) bond motifs is 1. The summed E-state index contributed by atoms with van der Waals surface area (Å²) in [6.45, 7) is 18.7. The van der Waals surface area contributed by atoms with Crippen LogP contribution in [0.4, 0.5) is 4.79 Å². The predicted molar refractivity (Wildman–Crippen MR) is 200 cm³/mol. The first-order chi connectivity index (χ1) is 23.1. The van der Waals surface area contributed by atoms with Gasteiger partial charge >= 0.3 is 6.03 Å². The van der Waals surface area contributed by atoms with Gasteiger partial charge in [0.15, 0.2) is 0 Å². The third-order valence-corrected chi connectivity index (χ3v) is 10.3. The zero-order valence-corrected chi connectivity index (χ0v) is 31.1. The van der Waals surface area contributed by atoms with Gasteiger partial charge in [-0.15, -0.1) is 4.91 Å².